The lowest BCUT2D eigenvalue weighted by atomic mass is 9.83. The summed E-state index contributed by atoms with van der Waals surface area (Å²) < 4.78 is 11.1. The Morgan fingerprint density at radius 2 is 2.06 bits per heavy atom. The number of hydrogen-bond acceptors (Lipinski definition) is 4. The monoisotopic (exact) mass is 252 g/mol. The molecule has 2 unspecified atom stereocenters. The first-order chi connectivity index (χ1) is 8.41. The molecule has 1 aromatic rings. The second-order valence-corrected chi connectivity index (χ2v) is 5.36. The summed E-state index contributed by atoms with van der Waals surface area (Å²) >= 11 is 0. The van der Waals surface area contributed by atoms with Crippen LogP contribution in [0.3, 0.4) is 0 Å². The predicted octanol–water partition coefficient (Wildman–Crippen LogP) is 2.54. The Hall–Kier alpha value is -1.13. The molecule has 102 valence electrons. The van der Waals surface area contributed by atoms with Crippen LogP contribution in [-0.4, -0.2) is 24.8 Å². The number of methoxy groups -OCH3 is 1. The van der Waals surface area contributed by atoms with Gasteiger partial charge in [-0.15, -0.1) is 0 Å². The summed E-state index contributed by atoms with van der Waals surface area (Å²) in [4.78, 5) is 4.34. The van der Waals surface area contributed by atoms with Gasteiger partial charge in [0.2, 0.25) is 0 Å². The summed E-state index contributed by atoms with van der Waals surface area (Å²) in [6.07, 6.45) is 1.62. The van der Waals surface area contributed by atoms with Gasteiger partial charge in [-0.2, -0.15) is 0 Å². The summed E-state index contributed by atoms with van der Waals surface area (Å²) in [5.74, 6) is 0.707. The summed E-state index contributed by atoms with van der Waals surface area (Å²) in [6.45, 7) is 8.94. The van der Waals surface area contributed by atoms with Crippen LogP contribution in [0, 0.1) is 5.41 Å². The molecule has 0 saturated carbocycles. The molecule has 0 fully saturated rings. The summed E-state index contributed by atoms with van der Waals surface area (Å²) in [6, 6.07) is 3.40. The minimum atomic E-state index is -0.305. The number of ether oxygens (including phenoxy) is 2. The molecule has 0 aliphatic rings. The van der Waals surface area contributed by atoms with E-state index >= 15 is 0 Å². The van der Waals surface area contributed by atoms with E-state index in [1.165, 1.54) is 0 Å². The fourth-order valence-corrected chi connectivity index (χ4v) is 2.04. The molecule has 0 bridgehead atoms. The van der Waals surface area contributed by atoms with Crippen molar-refractivity contribution in [2.24, 2.45) is 11.1 Å². The Balaban J connectivity index is 3.05. The maximum absolute atomic E-state index is 6.32. The SMILES string of the molecule is CCOC(C(N)c1ncccc1OC)C(C)(C)C. The van der Waals surface area contributed by atoms with Gasteiger partial charge in [0.1, 0.15) is 11.4 Å². The minimum Gasteiger partial charge on any atom is -0.495 e. The molecule has 2 atom stereocenters. The number of nitrogens with zero attached hydrogens (tertiary/aromatic N) is 1. The standard InChI is InChI=1S/C14H24N2O2/c1-6-18-13(14(2,3)4)11(15)12-10(17-5)8-7-9-16-12/h7-9,11,13H,6,15H2,1-5H3. The van der Waals surface area contributed by atoms with E-state index in [1.54, 1.807) is 13.3 Å². The lowest BCUT2D eigenvalue weighted by molar-refractivity contribution is -0.0295. The first-order valence-electron chi connectivity index (χ1n) is 6.28. The highest BCUT2D eigenvalue weighted by Crippen LogP contribution is 2.33. The molecule has 0 aromatic carbocycles. The highest BCUT2D eigenvalue weighted by molar-refractivity contribution is 5.30. The highest BCUT2D eigenvalue weighted by Gasteiger charge is 2.33. The molecular weight excluding hydrogens is 228 g/mol. The van der Waals surface area contributed by atoms with Gasteiger partial charge in [0.25, 0.3) is 0 Å². The first kappa shape index (κ1) is 14.9. The van der Waals surface area contributed by atoms with Crippen molar-refractivity contribution in [3.05, 3.63) is 24.0 Å². The van der Waals surface area contributed by atoms with Crippen molar-refractivity contribution in [2.75, 3.05) is 13.7 Å². The van der Waals surface area contributed by atoms with Crippen LogP contribution in [0.2, 0.25) is 0 Å². The predicted molar refractivity (Wildman–Crippen MR) is 72.6 cm³/mol. The van der Waals surface area contributed by atoms with Crippen molar-refractivity contribution in [3.63, 3.8) is 0 Å². The number of nitrogens with two attached hydrogens (primary N) is 1. The Morgan fingerprint density at radius 3 is 2.56 bits per heavy atom. The van der Waals surface area contributed by atoms with Crippen molar-refractivity contribution in [3.8, 4) is 5.75 Å². The third kappa shape index (κ3) is 3.43. The largest absolute Gasteiger partial charge is 0.495 e. The third-order valence-electron chi connectivity index (χ3n) is 2.86. The molecule has 0 aliphatic carbocycles. The molecule has 2 N–H and O–H groups in total. The lowest BCUT2D eigenvalue weighted by Gasteiger charge is -2.34. The zero-order chi connectivity index (χ0) is 13.8. The Morgan fingerprint density at radius 1 is 1.39 bits per heavy atom. The van der Waals surface area contributed by atoms with Crippen LogP contribution in [0.25, 0.3) is 0 Å². The second-order valence-electron chi connectivity index (χ2n) is 5.36. The van der Waals surface area contributed by atoms with Crippen LogP contribution >= 0.6 is 0 Å². The minimum absolute atomic E-state index is 0.0576. The molecule has 4 nitrogen and oxygen atoms in total. The number of rotatable bonds is 5. The topological polar surface area (TPSA) is 57.4 Å². The van der Waals surface area contributed by atoms with Gasteiger partial charge in [-0.05, 0) is 24.5 Å². The van der Waals surface area contributed by atoms with Gasteiger partial charge in [-0.25, -0.2) is 0 Å². The maximum atomic E-state index is 6.32. The molecule has 0 aliphatic heterocycles. The number of hydrogen-bond donors (Lipinski definition) is 1. The molecule has 4 heteroatoms. The zero-order valence-corrected chi connectivity index (χ0v) is 11.9. The molecule has 1 heterocycles. The van der Waals surface area contributed by atoms with Crippen LogP contribution in [0.15, 0.2) is 18.3 Å². The smallest absolute Gasteiger partial charge is 0.142 e. The van der Waals surface area contributed by atoms with Gasteiger partial charge >= 0.3 is 0 Å². The maximum Gasteiger partial charge on any atom is 0.142 e. The van der Waals surface area contributed by atoms with E-state index in [0.29, 0.717) is 12.4 Å². The molecule has 18 heavy (non-hydrogen) atoms. The normalized spacial score (nSPS) is 15.2. The van der Waals surface area contributed by atoms with Gasteiger partial charge in [0.05, 0.1) is 19.3 Å². The molecule has 1 aromatic heterocycles. The van der Waals surface area contributed by atoms with E-state index in [0.717, 1.165) is 5.69 Å². The van der Waals surface area contributed by atoms with Crippen LogP contribution < -0.4 is 10.5 Å². The van der Waals surface area contributed by atoms with Crippen molar-refractivity contribution >= 4 is 0 Å². The van der Waals surface area contributed by atoms with Crippen LogP contribution in [0.4, 0.5) is 0 Å². The Labute approximate surface area is 110 Å². The molecule has 1 rings (SSSR count). The molecule has 0 amide bonds. The molecule has 0 radical (unpaired) electrons. The number of pyridine rings is 1. The molecule has 0 saturated heterocycles. The van der Waals surface area contributed by atoms with Crippen LogP contribution in [0.1, 0.15) is 39.4 Å². The average Bonchev–Trinajstić information content (AvgIpc) is 2.33. The molecular formula is C14H24N2O2. The van der Waals surface area contributed by atoms with Gasteiger partial charge in [0.15, 0.2) is 0 Å². The average molecular weight is 252 g/mol. The fourth-order valence-electron chi connectivity index (χ4n) is 2.04. The van der Waals surface area contributed by atoms with E-state index in [2.05, 4.69) is 25.8 Å². The van der Waals surface area contributed by atoms with Crippen molar-refractivity contribution < 1.29 is 9.47 Å². The van der Waals surface area contributed by atoms with Crippen molar-refractivity contribution in [1.82, 2.24) is 4.98 Å². The summed E-state index contributed by atoms with van der Waals surface area (Å²) in [5.41, 5.74) is 7.01. The second kappa shape index (κ2) is 6.16. The number of aromatic nitrogens is 1. The van der Waals surface area contributed by atoms with Gasteiger partial charge in [-0.1, -0.05) is 20.8 Å². The highest BCUT2D eigenvalue weighted by atomic mass is 16.5. The molecule has 0 spiro atoms. The van der Waals surface area contributed by atoms with E-state index in [4.69, 9.17) is 15.2 Å². The summed E-state index contributed by atoms with van der Waals surface area (Å²) in [7, 11) is 1.63. The van der Waals surface area contributed by atoms with Crippen LogP contribution in [-0.2, 0) is 4.74 Å². The van der Waals surface area contributed by atoms with Gasteiger partial charge in [0, 0.05) is 12.8 Å². The zero-order valence-electron chi connectivity index (χ0n) is 11.9. The van der Waals surface area contributed by atoms with Crippen molar-refractivity contribution in [1.29, 1.82) is 0 Å². The Kier molecular flexibility index (Phi) is 5.11. The van der Waals surface area contributed by atoms with E-state index in [1.807, 2.05) is 19.1 Å². The fraction of sp³-hybridized carbons (Fsp3) is 0.643. The van der Waals surface area contributed by atoms with E-state index in [9.17, 15) is 0 Å². The van der Waals surface area contributed by atoms with E-state index < -0.39 is 0 Å². The lowest BCUT2D eigenvalue weighted by Crippen LogP contribution is -2.40. The Bertz CT molecular complexity index is 374. The van der Waals surface area contributed by atoms with Gasteiger partial charge < -0.3 is 15.2 Å². The quantitative estimate of drug-likeness (QED) is 0.875. The van der Waals surface area contributed by atoms with Crippen LogP contribution in [0.5, 0.6) is 5.75 Å². The third-order valence-corrected chi connectivity index (χ3v) is 2.86. The van der Waals surface area contributed by atoms with E-state index in [-0.39, 0.29) is 17.6 Å². The van der Waals surface area contributed by atoms with Crippen molar-refractivity contribution in [2.45, 2.75) is 39.8 Å². The van der Waals surface area contributed by atoms with Gasteiger partial charge in [-0.3, -0.25) is 4.98 Å². The first-order valence-corrected chi connectivity index (χ1v) is 6.28. The summed E-state index contributed by atoms with van der Waals surface area (Å²) in [5, 5.41) is 0.